The van der Waals surface area contributed by atoms with Crippen LogP contribution in [0.2, 0.25) is 0 Å². The van der Waals surface area contributed by atoms with Crippen molar-refractivity contribution >= 4 is 22.6 Å². The highest BCUT2D eigenvalue weighted by Crippen LogP contribution is 2.23. The summed E-state index contributed by atoms with van der Waals surface area (Å²) < 4.78 is 18.9. The number of benzene rings is 1. The zero-order chi connectivity index (χ0) is 11.0. The highest BCUT2D eigenvalue weighted by molar-refractivity contribution is 6.17. The molecule has 0 saturated heterocycles. The maximum Gasteiger partial charge on any atom is 0.195 e. The van der Waals surface area contributed by atoms with Gasteiger partial charge < -0.3 is 4.42 Å². The van der Waals surface area contributed by atoms with Crippen LogP contribution < -0.4 is 5.43 Å². The van der Waals surface area contributed by atoms with Crippen molar-refractivity contribution < 1.29 is 8.81 Å². The predicted octanol–water partition coefficient (Wildman–Crippen LogP) is 2.98. The highest BCUT2D eigenvalue weighted by Gasteiger charge is 2.13. The number of alkyl halides is 1. The van der Waals surface area contributed by atoms with Gasteiger partial charge in [-0.2, -0.15) is 0 Å². The first-order valence-corrected chi connectivity index (χ1v) is 4.94. The molecule has 0 radical (unpaired) electrons. The summed E-state index contributed by atoms with van der Waals surface area (Å²) in [6, 6.07) is 2.79. The fraction of sp³-hybridized carbons (Fsp3) is 0.182. The van der Waals surface area contributed by atoms with E-state index in [0.29, 0.717) is 11.1 Å². The molecule has 2 nitrogen and oxygen atoms in total. The van der Waals surface area contributed by atoms with Gasteiger partial charge in [-0.15, -0.1) is 11.6 Å². The van der Waals surface area contributed by atoms with Gasteiger partial charge in [0.15, 0.2) is 5.43 Å². The zero-order valence-corrected chi connectivity index (χ0v) is 8.77. The number of hydrogen-bond donors (Lipinski definition) is 0. The Labute approximate surface area is 90.3 Å². The Balaban J connectivity index is 3.01. The normalized spacial score (nSPS) is 10.9. The van der Waals surface area contributed by atoms with Gasteiger partial charge in [0.05, 0.1) is 12.1 Å². The van der Waals surface area contributed by atoms with Crippen LogP contribution in [0.3, 0.4) is 0 Å². The zero-order valence-electron chi connectivity index (χ0n) is 8.01. The van der Waals surface area contributed by atoms with Crippen molar-refractivity contribution in [1.29, 1.82) is 0 Å². The lowest BCUT2D eigenvalue weighted by molar-refractivity contribution is 0.586. The molecular weight excluding hydrogens is 219 g/mol. The van der Waals surface area contributed by atoms with E-state index < -0.39 is 5.82 Å². The Morgan fingerprint density at radius 1 is 1.53 bits per heavy atom. The van der Waals surface area contributed by atoms with Gasteiger partial charge in [0.25, 0.3) is 0 Å². The van der Waals surface area contributed by atoms with Gasteiger partial charge >= 0.3 is 0 Å². The van der Waals surface area contributed by atoms with Crippen LogP contribution >= 0.6 is 11.6 Å². The second-order valence-electron chi connectivity index (χ2n) is 3.29. The lowest BCUT2D eigenvalue weighted by atomic mass is 10.1. The molecule has 4 heteroatoms. The standard InChI is InChI=1S/C11H8ClFO2/c1-6-4-7(5-12)10(13)9-8(14)2-3-15-11(6)9/h2-4H,5H2,1H3. The Morgan fingerprint density at radius 3 is 2.93 bits per heavy atom. The Kier molecular flexibility index (Phi) is 2.49. The largest absolute Gasteiger partial charge is 0.464 e. The van der Waals surface area contributed by atoms with Gasteiger partial charge in [0.1, 0.15) is 16.8 Å². The van der Waals surface area contributed by atoms with Crippen LogP contribution in [0, 0.1) is 12.7 Å². The van der Waals surface area contributed by atoms with Crippen molar-refractivity contribution in [1.82, 2.24) is 0 Å². The van der Waals surface area contributed by atoms with Crippen molar-refractivity contribution in [3.05, 3.63) is 45.6 Å². The van der Waals surface area contributed by atoms with E-state index in [1.807, 2.05) is 0 Å². The van der Waals surface area contributed by atoms with E-state index in [4.69, 9.17) is 16.0 Å². The molecule has 0 unspecified atom stereocenters. The maximum absolute atomic E-state index is 13.8. The molecule has 1 heterocycles. The molecule has 15 heavy (non-hydrogen) atoms. The van der Waals surface area contributed by atoms with Gasteiger partial charge in [-0.3, -0.25) is 4.79 Å². The molecule has 0 fully saturated rings. The van der Waals surface area contributed by atoms with Gasteiger partial charge in [-0.05, 0) is 18.6 Å². The summed E-state index contributed by atoms with van der Waals surface area (Å²) in [4.78, 5) is 11.5. The van der Waals surface area contributed by atoms with E-state index >= 15 is 0 Å². The SMILES string of the molecule is Cc1cc(CCl)c(F)c2c(=O)ccoc12. The van der Waals surface area contributed by atoms with Crippen LogP contribution in [-0.4, -0.2) is 0 Å². The maximum atomic E-state index is 13.8. The third kappa shape index (κ3) is 1.53. The molecule has 2 aromatic rings. The molecule has 0 aliphatic carbocycles. The average molecular weight is 227 g/mol. The number of rotatable bonds is 1. The summed E-state index contributed by atoms with van der Waals surface area (Å²) in [7, 11) is 0. The molecule has 78 valence electrons. The van der Waals surface area contributed by atoms with Crippen LogP contribution in [-0.2, 0) is 5.88 Å². The molecule has 0 atom stereocenters. The Hall–Kier alpha value is -1.35. The first-order valence-electron chi connectivity index (χ1n) is 4.40. The summed E-state index contributed by atoms with van der Waals surface area (Å²) in [5.74, 6) is -0.545. The van der Waals surface area contributed by atoms with Crippen LogP contribution in [0.1, 0.15) is 11.1 Å². The van der Waals surface area contributed by atoms with Crippen molar-refractivity contribution in [2.75, 3.05) is 0 Å². The fourth-order valence-corrected chi connectivity index (χ4v) is 1.76. The number of halogens is 2. The third-order valence-corrected chi connectivity index (χ3v) is 2.56. The van der Waals surface area contributed by atoms with E-state index in [1.165, 1.54) is 12.3 Å². The second-order valence-corrected chi connectivity index (χ2v) is 3.56. The molecule has 0 bridgehead atoms. The third-order valence-electron chi connectivity index (χ3n) is 2.27. The molecule has 0 amide bonds. The van der Waals surface area contributed by atoms with E-state index in [-0.39, 0.29) is 22.3 Å². The molecule has 0 spiro atoms. The summed E-state index contributed by atoms with van der Waals surface area (Å²) in [6.07, 6.45) is 1.26. The predicted molar refractivity (Wildman–Crippen MR) is 56.7 cm³/mol. The number of fused-ring (bicyclic) bond motifs is 1. The number of aryl methyl sites for hydroxylation is 1. The summed E-state index contributed by atoms with van der Waals surface area (Å²) in [5.41, 5.74) is 0.928. The van der Waals surface area contributed by atoms with E-state index in [1.54, 1.807) is 13.0 Å². The van der Waals surface area contributed by atoms with E-state index in [0.717, 1.165) is 0 Å². The summed E-state index contributed by atoms with van der Waals surface area (Å²) in [6.45, 7) is 1.75. The summed E-state index contributed by atoms with van der Waals surface area (Å²) in [5, 5.41) is -0.0202. The van der Waals surface area contributed by atoms with Gasteiger partial charge in [0, 0.05) is 11.6 Å². The van der Waals surface area contributed by atoms with E-state index in [9.17, 15) is 9.18 Å². The molecular formula is C11H8ClFO2. The van der Waals surface area contributed by atoms with Gasteiger partial charge in [-0.1, -0.05) is 0 Å². The van der Waals surface area contributed by atoms with Crippen molar-refractivity contribution in [3.8, 4) is 0 Å². The van der Waals surface area contributed by atoms with Gasteiger partial charge in [0.2, 0.25) is 0 Å². The van der Waals surface area contributed by atoms with Crippen LogP contribution in [0.4, 0.5) is 4.39 Å². The minimum absolute atomic E-state index is 0.0202. The lowest BCUT2D eigenvalue weighted by Crippen LogP contribution is -2.04. The van der Waals surface area contributed by atoms with Crippen molar-refractivity contribution in [2.45, 2.75) is 12.8 Å². The van der Waals surface area contributed by atoms with Gasteiger partial charge in [-0.25, -0.2) is 4.39 Å². The van der Waals surface area contributed by atoms with Crippen molar-refractivity contribution in [2.24, 2.45) is 0 Å². The minimum atomic E-state index is -0.583. The minimum Gasteiger partial charge on any atom is -0.464 e. The lowest BCUT2D eigenvalue weighted by Gasteiger charge is -2.05. The quantitative estimate of drug-likeness (QED) is 0.700. The molecule has 0 N–H and O–H groups in total. The smallest absolute Gasteiger partial charge is 0.195 e. The monoisotopic (exact) mass is 226 g/mol. The highest BCUT2D eigenvalue weighted by atomic mass is 35.5. The molecule has 2 rings (SSSR count). The van der Waals surface area contributed by atoms with Crippen LogP contribution in [0.5, 0.6) is 0 Å². The first kappa shape index (κ1) is 10.2. The van der Waals surface area contributed by atoms with E-state index in [2.05, 4.69) is 0 Å². The fourth-order valence-electron chi connectivity index (χ4n) is 1.56. The average Bonchev–Trinajstić information content (AvgIpc) is 2.23. The molecule has 1 aromatic heterocycles. The topological polar surface area (TPSA) is 30.2 Å². The molecule has 0 aliphatic rings. The van der Waals surface area contributed by atoms with Crippen molar-refractivity contribution in [3.63, 3.8) is 0 Å². The first-order chi connectivity index (χ1) is 7.15. The Bertz CT molecular complexity index is 575. The second kappa shape index (κ2) is 3.66. The molecule has 0 aliphatic heterocycles. The van der Waals surface area contributed by atoms with Crippen LogP contribution in [0.15, 0.2) is 27.6 Å². The number of hydrogen-bond acceptors (Lipinski definition) is 2. The Morgan fingerprint density at radius 2 is 2.27 bits per heavy atom. The van der Waals surface area contributed by atoms with Crippen LogP contribution in [0.25, 0.3) is 11.0 Å². The summed E-state index contributed by atoms with van der Waals surface area (Å²) >= 11 is 5.58. The molecule has 0 saturated carbocycles. The molecule has 1 aromatic carbocycles.